The van der Waals surface area contributed by atoms with E-state index in [4.69, 9.17) is 0 Å². The molecule has 0 aliphatic heterocycles. The molecule has 2 rings (SSSR count). The van der Waals surface area contributed by atoms with E-state index in [9.17, 15) is 9.59 Å². The molecule has 0 saturated carbocycles. The molecule has 1 aromatic carbocycles. The topological polar surface area (TPSA) is 34.1 Å². The van der Waals surface area contributed by atoms with Crippen molar-refractivity contribution in [2.45, 2.75) is 32.6 Å². The Morgan fingerprint density at radius 1 is 1.50 bits per heavy atom. The minimum absolute atomic E-state index is 0.0825. The third-order valence-corrected chi connectivity index (χ3v) is 3.61. The summed E-state index contributed by atoms with van der Waals surface area (Å²) in [6.45, 7) is 5.59. The van der Waals surface area contributed by atoms with Crippen LogP contribution in [-0.2, 0) is 6.42 Å². The molecule has 0 N–H and O–H groups in total. The molecule has 0 saturated heterocycles. The zero-order valence-corrected chi connectivity index (χ0v) is 10.7. The first-order valence-corrected chi connectivity index (χ1v) is 6.51. The molecule has 1 aliphatic rings. The number of fused-ring (bicyclic) bond motifs is 1. The second-order valence-corrected chi connectivity index (χ2v) is 4.83. The van der Waals surface area contributed by atoms with Gasteiger partial charge in [0.1, 0.15) is 0 Å². The van der Waals surface area contributed by atoms with Crippen LogP contribution in [0.2, 0.25) is 0 Å². The molecule has 2 heteroatoms. The van der Waals surface area contributed by atoms with E-state index in [0.717, 1.165) is 36.8 Å². The zero-order valence-electron chi connectivity index (χ0n) is 10.7. The van der Waals surface area contributed by atoms with Crippen molar-refractivity contribution in [3.8, 4) is 0 Å². The Labute approximate surface area is 108 Å². The smallest absolute Gasteiger partial charge is 0.185 e. The maximum Gasteiger partial charge on any atom is 0.185 e. The number of Topliss-reactive ketones (excluding diaryl/α,β-unsaturated/α-hetero) is 1. The second kappa shape index (κ2) is 5.30. The first kappa shape index (κ1) is 12.7. The molecule has 0 aromatic heterocycles. The van der Waals surface area contributed by atoms with Gasteiger partial charge < -0.3 is 0 Å². The highest BCUT2D eigenvalue weighted by atomic mass is 16.1. The van der Waals surface area contributed by atoms with E-state index < -0.39 is 0 Å². The molecule has 0 fully saturated rings. The minimum atomic E-state index is -0.0825. The fraction of sp³-hybridized carbons (Fsp3) is 0.375. The van der Waals surface area contributed by atoms with Crippen molar-refractivity contribution >= 4 is 11.6 Å². The first-order valence-electron chi connectivity index (χ1n) is 6.51. The van der Waals surface area contributed by atoms with Crippen LogP contribution in [0, 0.1) is 5.92 Å². The lowest BCUT2D eigenvalue weighted by Gasteiger charge is -2.23. The van der Waals surface area contributed by atoms with Crippen LogP contribution in [0.25, 0.3) is 0 Å². The fourth-order valence-corrected chi connectivity index (χ4v) is 2.62. The van der Waals surface area contributed by atoms with Crippen LogP contribution in [0.4, 0.5) is 0 Å². The number of aryl methyl sites for hydroxylation is 1. The Morgan fingerprint density at radius 2 is 2.28 bits per heavy atom. The van der Waals surface area contributed by atoms with E-state index in [0.29, 0.717) is 5.56 Å². The largest absolute Gasteiger partial charge is 0.294 e. The average molecular weight is 242 g/mol. The van der Waals surface area contributed by atoms with Crippen molar-refractivity contribution in [3.63, 3.8) is 0 Å². The van der Waals surface area contributed by atoms with Crippen LogP contribution in [0.15, 0.2) is 30.9 Å². The maximum absolute atomic E-state index is 12.3. The Bertz CT molecular complexity index is 500. The van der Waals surface area contributed by atoms with Crippen molar-refractivity contribution in [2.24, 2.45) is 5.92 Å². The van der Waals surface area contributed by atoms with Crippen molar-refractivity contribution in [1.29, 1.82) is 0 Å². The summed E-state index contributed by atoms with van der Waals surface area (Å²) in [4.78, 5) is 23.8. The Hall–Kier alpha value is -1.70. The van der Waals surface area contributed by atoms with Crippen LogP contribution in [0.5, 0.6) is 0 Å². The van der Waals surface area contributed by atoms with E-state index >= 15 is 0 Å². The van der Waals surface area contributed by atoms with Gasteiger partial charge in [-0.05, 0) is 37.0 Å². The van der Waals surface area contributed by atoms with Crippen LogP contribution in [0.1, 0.15) is 52.5 Å². The van der Waals surface area contributed by atoms with Gasteiger partial charge in [0.15, 0.2) is 11.6 Å². The number of carbonyl (C=O) groups excluding carboxylic acids is 2. The molecule has 1 atom stereocenters. The van der Waals surface area contributed by atoms with Gasteiger partial charge in [-0.25, -0.2) is 0 Å². The molecule has 94 valence electrons. The summed E-state index contributed by atoms with van der Waals surface area (Å²) in [5, 5.41) is 0. The van der Waals surface area contributed by atoms with Crippen molar-refractivity contribution in [2.75, 3.05) is 0 Å². The lowest BCUT2D eigenvalue weighted by atomic mass is 9.80. The zero-order chi connectivity index (χ0) is 13.1. The van der Waals surface area contributed by atoms with Crippen LogP contribution >= 0.6 is 0 Å². The number of ketones is 2. The molecular weight excluding hydrogens is 224 g/mol. The molecule has 0 bridgehead atoms. The summed E-state index contributed by atoms with van der Waals surface area (Å²) in [5.41, 5.74) is 2.45. The van der Waals surface area contributed by atoms with Gasteiger partial charge in [-0.1, -0.05) is 32.1 Å². The predicted molar refractivity (Wildman–Crippen MR) is 72.0 cm³/mol. The Morgan fingerprint density at radius 3 is 2.94 bits per heavy atom. The van der Waals surface area contributed by atoms with Gasteiger partial charge in [0, 0.05) is 17.0 Å². The third-order valence-electron chi connectivity index (χ3n) is 3.61. The number of benzene rings is 1. The van der Waals surface area contributed by atoms with Gasteiger partial charge in [0.2, 0.25) is 0 Å². The predicted octanol–water partition coefficient (Wildman–Crippen LogP) is 3.60. The monoisotopic (exact) mass is 242 g/mol. The van der Waals surface area contributed by atoms with Crippen LogP contribution in [-0.4, -0.2) is 11.6 Å². The summed E-state index contributed by atoms with van der Waals surface area (Å²) in [5.74, 6) is 0.333. The highest BCUT2D eigenvalue weighted by Gasteiger charge is 2.26. The van der Waals surface area contributed by atoms with Crippen molar-refractivity contribution in [3.05, 3.63) is 47.5 Å². The summed E-state index contributed by atoms with van der Waals surface area (Å²) in [7, 11) is 0. The van der Waals surface area contributed by atoms with E-state index in [1.165, 1.54) is 6.08 Å². The summed E-state index contributed by atoms with van der Waals surface area (Å²) >= 11 is 0. The third kappa shape index (κ3) is 2.28. The molecular formula is C16H18O2. The highest BCUT2D eigenvalue weighted by Crippen LogP contribution is 2.29. The average Bonchev–Trinajstić information content (AvgIpc) is 2.41. The summed E-state index contributed by atoms with van der Waals surface area (Å²) < 4.78 is 0. The maximum atomic E-state index is 12.3. The number of hydrogen-bond donors (Lipinski definition) is 0. The molecule has 0 spiro atoms. The van der Waals surface area contributed by atoms with E-state index in [1.54, 1.807) is 12.1 Å². The molecule has 1 aromatic rings. The summed E-state index contributed by atoms with van der Waals surface area (Å²) in [6.07, 6.45) is 5.12. The number of hydrogen-bond acceptors (Lipinski definition) is 2. The summed E-state index contributed by atoms with van der Waals surface area (Å²) in [6, 6.07) is 5.38. The van der Waals surface area contributed by atoms with Crippen LogP contribution < -0.4 is 0 Å². The Kier molecular flexibility index (Phi) is 3.75. The van der Waals surface area contributed by atoms with E-state index in [1.807, 2.05) is 6.07 Å². The van der Waals surface area contributed by atoms with Crippen LogP contribution in [0.3, 0.4) is 0 Å². The van der Waals surface area contributed by atoms with Gasteiger partial charge in [0.25, 0.3) is 0 Å². The minimum Gasteiger partial charge on any atom is -0.294 e. The number of allylic oxidation sites excluding steroid dienone is 1. The standard InChI is InChI=1S/C16H18O2/c1-3-5-11-6-7-12-10-13(15(17)4-2)8-9-14(12)16(11)18/h4,8-11H,2-3,5-7H2,1H3. The van der Waals surface area contributed by atoms with Gasteiger partial charge in [-0.3, -0.25) is 9.59 Å². The quantitative estimate of drug-likeness (QED) is 0.597. The van der Waals surface area contributed by atoms with Crippen molar-refractivity contribution < 1.29 is 9.59 Å². The number of rotatable bonds is 4. The Balaban J connectivity index is 2.32. The highest BCUT2D eigenvalue weighted by molar-refractivity contribution is 6.06. The van der Waals surface area contributed by atoms with E-state index in [2.05, 4.69) is 13.5 Å². The van der Waals surface area contributed by atoms with Gasteiger partial charge >= 0.3 is 0 Å². The van der Waals surface area contributed by atoms with Gasteiger partial charge in [0.05, 0.1) is 0 Å². The molecule has 0 heterocycles. The van der Waals surface area contributed by atoms with E-state index in [-0.39, 0.29) is 17.5 Å². The molecule has 0 amide bonds. The molecule has 0 radical (unpaired) electrons. The fourth-order valence-electron chi connectivity index (χ4n) is 2.62. The lowest BCUT2D eigenvalue weighted by molar-refractivity contribution is 0.0893. The molecule has 2 nitrogen and oxygen atoms in total. The lowest BCUT2D eigenvalue weighted by Crippen LogP contribution is -2.22. The molecule has 1 unspecified atom stereocenters. The number of carbonyl (C=O) groups is 2. The second-order valence-electron chi connectivity index (χ2n) is 4.83. The van der Waals surface area contributed by atoms with Gasteiger partial charge in [-0.15, -0.1) is 0 Å². The molecule has 1 aliphatic carbocycles. The van der Waals surface area contributed by atoms with Gasteiger partial charge in [-0.2, -0.15) is 0 Å². The molecule has 18 heavy (non-hydrogen) atoms. The normalized spacial score (nSPS) is 18.3. The first-order chi connectivity index (χ1) is 8.67. The van der Waals surface area contributed by atoms with Crippen molar-refractivity contribution in [1.82, 2.24) is 0 Å². The SMILES string of the molecule is C=CC(=O)c1ccc2c(c1)CCC(CCC)C2=O.